The van der Waals surface area contributed by atoms with E-state index in [1.165, 1.54) is 31.5 Å². The van der Waals surface area contributed by atoms with E-state index in [9.17, 15) is 8.42 Å². The van der Waals surface area contributed by atoms with Gasteiger partial charge in [0.1, 0.15) is 10.7 Å². The third-order valence-electron chi connectivity index (χ3n) is 5.22. The van der Waals surface area contributed by atoms with Crippen molar-refractivity contribution in [3.63, 3.8) is 0 Å². The topological polar surface area (TPSA) is 97.1 Å². The molecule has 0 spiro atoms. The Morgan fingerprint density at radius 3 is 2.45 bits per heavy atom. The maximum absolute atomic E-state index is 12.3. The first-order chi connectivity index (χ1) is 9.60. The van der Waals surface area contributed by atoms with Gasteiger partial charge in [-0.1, -0.05) is 0 Å². The van der Waals surface area contributed by atoms with Crippen LogP contribution in [0.3, 0.4) is 0 Å². The number of nitrogen functional groups attached to an aromatic ring is 1. The molecular weight excluding hydrogens is 276 g/mol. The Kier molecular flexibility index (Phi) is 2.61. The molecule has 4 atom stereocenters. The summed E-state index contributed by atoms with van der Waals surface area (Å²) in [5.74, 6) is 8.34. The lowest BCUT2D eigenvalue weighted by molar-refractivity contribution is 0.456. The van der Waals surface area contributed by atoms with E-state index in [0.29, 0.717) is 17.7 Å². The van der Waals surface area contributed by atoms with Gasteiger partial charge in [0.05, 0.1) is 0 Å². The molecule has 0 amide bonds. The number of pyridine rings is 1. The molecule has 3 aliphatic carbocycles. The third kappa shape index (κ3) is 1.77. The first kappa shape index (κ1) is 12.6. The number of anilines is 1. The molecule has 0 radical (unpaired) electrons. The van der Waals surface area contributed by atoms with Crippen molar-refractivity contribution < 1.29 is 8.42 Å². The van der Waals surface area contributed by atoms with Crippen LogP contribution in [0.1, 0.15) is 19.3 Å². The third-order valence-corrected chi connectivity index (χ3v) is 6.67. The minimum atomic E-state index is -3.46. The lowest BCUT2D eigenvalue weighted by Crippen LogP contribution is -2.30. The molecule has 1 aromatic rings. The summed E-state index contributed by atoms with van der Waals surface area (Å²) in [5.41, 5.74) is 2.38. The molecule has 4 N–H and O–H groups in total. The Balaban J connectivity index is 1.50. The monoisotopic (exact) mass is 294 g/mol. The zero-order chi connectivity index (χ0) is 13.9. The van der Waals surface area contributed by atoms with Gasteiger partial charge in [-0.15, -0.1) is 0 Å². The first-order valence-corrected chi connectivity index (χ1v) is 8.53. The van der Waals surface area contributed by atoms with Gasteiger partial charge in [0, 0.05) is 12.2 Å². The summed E-state index contributed by atoms with van der Waals surface area (Å²) in [5, 5.41) is 0. The lowest BCUT2D eigenvalue weighted by atomic mass is 10.0. The Labute approximate surface area is 118 Å². The number of hydrogen-bond acceptors (Lipinski definition) is 5. The van der Waals surface area contributed by atoms with Gasteiger partial charge in [0.25, 0.3) is 0 Å². The quantitative estimate of drug-likeness (QED) is 0.561. The largest absolute Gasteiger partial charge is 0.308 e. The van der Waals surface area contributed by atoms with Crippen LogP contribution in [0.4, 0.5) is 5.82 Å². The van der Waals surface area contributed by atoms with Crippen molar-refractivity contribution in [3.05, 3.63) is 18.3 Å². The second-order valence-corrected chi connectivity index (χ2v) is 7.87. The van der Waals surface area contributed by atoms with E-state index in [1.54, 1.807) is 6.07 Å². The van der Waals surface area contributed by atoms with Crippen LogP contribution in [0.15, 0.2) is 23.2 Å². The molecule has 1 aromatic heterocycles. The lowest BCUT2D eigenvalue weighted by Gasteiger charge is -2.11. The zero-order valence-corrected chi connectivity index (χ0v) is 11.8. The van der Waals surface area contributed by atoms with E-state index >= 15 is 0 Å². The second-order valence-electron chi connectivity index (χ2n) is 6.16. The first-order valence-electron chi connectivity index (χ1n) is 7.05. The predicted molar refractivity (Wildman–Crippen MR) is 74.0 cm³/mol. The number of nitrogens with two attached hydrogens (primary N) is 1. The molecule has 0 aliphatic heterocycles. The number of nitrogens with zero attached hydrogens (tertiary/aromatic N) is 1. The standard InChI is InChI=1S/C13H18N4O2S/c14-16-10-4-3-9(6-15-10)20(18,19)17-13-11-7-1-2-8(5-7)12(11)13/h3-4,6-8,11-13,17H,1-2,5,14H2,(H,15,16). The van der Waals surface area contributed by atoms with Gasteiger partial charge in [0.2, 0.25) is 10.0 Å². The average Bonchev–Trinajstić information content (AvgIpc) is 2.86. The summed E-state index contributed by atoms with van der Waals surface area (Å²) in [6.07, 6.45) is 5.21. The minimum absolute atomic E-state index is 0.151. The Bertz CT molecular complexity index is 614. The molecule has 7 heteroatoms. The van der Waals surface area contributed by atoms with E-state index in [-0.39, 0.29) is 10.9 Å². The molecule has 0 aromatic carbocycles. The number of hydrazine groups is 1. The number of rotatable bonds is 4. The molecule has 3 aliphatic rings. The number of sulfonamides is 1. The molecular formula is C13H18N4O2S. The van der Waals surface area contributed by atoms with E-state index < -0.39 is 10.0 Å². The van der Waals surface area contributed by atoms with Crippen LogP contribution >= 0.6 is 0 Å². The van der Waals surface area contributed by atoms with Crippen molar-refractivity contribution in [2.75, 3.05) is 5.43 Å². The molecule has 6 nitrogen and oxygen atoms in total. The minimum Gasteiger partial charge on any atom is -0.308 e. The fraction of sp³-hybridized carbons (Fsp3) is 0.615. The molecule has 108 valence electrons. The summed E-state index contributed by atoms with van der Waals surface area (Å²) in [4.78, 5) is 4.15. The summed E-state index contributed by atoms with van der Waals surface area (Å²) < 4.78 is 27.6. The van der Waals surface area contributed by atoms with Gasteiger partial charge in [-0.25, -0.2) is 24.0 Å². The van der Waals surface area contributed by atoms with E-state index in [0.717, 1.165) is 11.8 Å². The summed E-state index contributed by atoms with van der Waals surface area (Å²) in [7, 11) is -3.46. The van der Waals surface area contributed by atoms with Gasteiger partial charge >= 0.3 is 0 Å². The van der Waals surface area contributed by atoms with Crippen LogP contribution in [0.25, 0.3) is 0 Å². The number of hydrogen-bond donors (Lipinski definition) is 3. The zero-order valence-electron chi connectivity index (χ0n) is 11.0. The van der Waals surface area contributed by atoms with Crippen LogP contribution in [-0.4, -0.2) is 19.4 Å². The Morgan fingerprint density at radius 1 is 1.20 bits per heavy atom. The Hall–Kier alpha value is -1.18. The highest BCUT2D eigenvalue weighted by molar-refractivity contribution is 7.89. The molecule has 0 saturated heterocycles. The van der Waals surface area contributed by atoms with Crippen LogP contribution in [0.2, 0.25) is 0 Å². The predicted octanol–water partition coefficient (Wildman–Crippen LogP) is 0.690. The summed E-state index contributed by atoms with van der Waals surface area (Å²) in [6.45, 7) is 0. The smallest absolute Gasteiger partial charge is 0.242 e. The van der Waals surface area contributed by atoms with Crippen LogP contribution < -0.4 is 16.0 Å². The SMILES string of the molecule is NNc1ccc(S(=O)(=O)NC2C3C4CCC(C4)C23)cn1. The normalized spacial score (nSPS) is 37.8. The number of nitrogens with one attached hydrogen (secondary N) is 2. The van der Waals surface area contributed by atoms with Crippen LogP contribution in [-0.2, 0) is 10.0 Å². The molecule has 4 unspecified atom stereocenters. The maximum atomic E-state index is 12.3. The highest BCUT2D eigenvalue weighted by atomic mass is 32.2. The molecule has 2 bridgehead atoms. The fourth-order valence-corrected chi connectivity index (χ4v) is 5.60. The highest BCUT2D eigenvalue weighted by Crippen LogP contribution is 2.65. The summed E-state index contributed by atoms with van der Waals surface area (Å²) >= 11 is 0. The van der Waals surface area contributed by atoms with Gasteiger partial charge in [-0.2, -0.15) is 0 Å². The molecule has 20 heavy (non-hydrogen) atoms. The second kappa shape index (κ2) is 4.16. The average molecular weight is 294 g/mol. The van der Waals surface area contributed by atoms with Crippen molar-refractivity contribution in [3.8, 4) is 0 Å². The van der Waals surface area contributed by atoms with E-state index in [2.05, 4.69) is 15.1 Å². The summed E-state index contributed by atoms with van der Waals surface area (Å²) in [6, 6.07) is 3.24. The van der Waals surface area contributed by atoms with Gasteiger partial charge in [-0.05, 0) is 55.1 Å². The van der Waals surface area contributed by atoms with Crippen molar-refractivity contribution in [2.24, 2.45) is 29.5 Å². The van der Waals surface area contributed by atoms with Crippen molar-refractivity contribution in [1.82, 2.24) is 9.71 Å². The van der Waals surface area contributed by atoms with Crippen LogP contribution in [0.5, 0.6) is 0 Å². The van der Waals surface area contributed by atoms with Crippen molar-refractivity contribution >= 4 is 15.8 Å². The number of fused-ring (bicyclic) bond motifs is 5. The van der Waals surface area contributed by atoms with Crippen molar-refractivity contribution in [2.45, 2.75) is 30.2 Å². The maximum Gasteiger partial charge on any atom is 0.242 e. The highest BCUT2D eigenvalue weighted by Gasteiger charge is 2.65. The van der Waals surface area contributed by atoms with E-state index in [4.69, 9.17) is 5.84 Å². The van der Waals surface area contributed by atoms with Crippen molar-refractivity contribution in [1.29, 1.82) is 0 Å². The molecule has 3 fully saturated rings. The fourth-order valence-electron chi connectivity index (χ4n) is 4.35. The van der Waals surface area contributed by atoms with E-state index in [1.807, 2.05) is 0 Å². The van der Waals surface area contributed by atoms with Crippen LogP contribution in [0, 0.1) is 23.7 Å². The van der Waals surface area contributed by atoms with Gasteiger partial charge < -0.3 is 5.43 Å². The molecule has 1 heterocycles. The van der Waals surface area contributed by atoms with Gasteiger partial charge in [-0.3, -0.25) is 0 Å². The molecule has 3 saturated carbocycles. The molecule has 4 rings (SSSR count). The number of aromatic nitrogens is 1. The van der Waals surface area contributed by atoms with Gasteiger partial charge in [0.15, 0.2) is 0 Å². The Morgan fingerprint density at radius 2 is 1.90 bits per heavy atom.